The highest BCUT2D eigenvalue weighted by Crippen LogP contribution is 2.05. The molecule has 1 heterocycles. The number of rotatable bonds is 6. The number of nitrogens with zero attached hydrogens (tertiary/aromatic N) is 2. The van der Waals surface area contributed by atoms with Crippen molar-refractivity contribution in [1.82, 2.24) is 15.3 Å². The Hall–Kier alpha value is -2.18. The summed E-state index contributed by atoms with van der Waals surface area (Å²) in [5.74, 6) is -1.06. The summed E-state index contributed by atoms with van der Waals surface area (Å²) in [5.41, 5.74) is 0.769. The summed E-state index contributed by atoms with van der Waals surface area (Å²) < 4.78 is 5.20. The van der Waals surface area contributed by atoms with Crippen LogP contribution in [-0.4, -0.2) is 40.1 Å². The number of carboxylic acid groups (broad SMARTS) is 1. The van der Waals surface area contributed by atoms with Gasteiger partial charge in [-0.2, -0.15) is 0 Å². The van der Waals surface area contributed by atoms with Crippen molar-refractivity contribution >= 4 is 11.9 Å². The molecule has 2 N–H and O–H groups in total. The Morgan fingerprint density at radius 3 is 2.88 bits per heavy atom. The molecular weight excluding hydrogens is 226 g/mol. The Morgan fingerprint density at radius 2 is 2.24 bits per heavy atom. The van der Waals surface area contributed by atoms with Gasteiger partial charge in [0.2, 0.25) is 11.8 Å². The molecule has 0 radical (unpaired) electrons. The van der Waals surface area contributed by atoms with E-state index in [1.165, 1.54) is 6.33 Å². The largest absolute Gasteiger partial charge is 0.480 e. The number of carbonyl (C=O) groups excluding carboxylic acids is 1. The van der Waals surface area contributed by atoms with Gasteiger partial charge in [-0.1, -0.05) is 0 Å². The predicted octanol–water partition coefficient (Wildman–Crippen LogP) is -0.245. The molecule has 0 atom stereocenters. The van der Waals surface area contributed by atoms with Crippen LogP contribution in [0, 0.1) is 6.92 Å². The molecule has 0 unspecified atom stereocenters. The lowest BCUT2D eigenvalue weighted by atomic mass is 10.4. The van der Waals surface area contributed by atoms with Gasteiger partial charge >= 0.3 is 5.97 Å². The van der Waals surface area contributed by atoms with Crippen LogP contribution in [0.3, 0.4) is 0 Å². The number of carbonyl (C=O) groups is 2. The summed E-state index contributed by atoms with van der Waals surface area (Å²) in [7, 11) is 0. The maximum Gasteiger partial charge on any atom is 0.322 e. The molecule has 0 aromatic carbocycles. The molecule has 0 saturated heterocycles. The van der Waals surface area contributed by atoms with Gasteiger partial charge in [0.05, 0.1) is 13.0 Å². The van der Waals surface area contributed by atoms with Crippen LogP contribution in [0.1, 0.15) is 12.1 Å². The zero-order chi connectivity index (χ0) is 12.7. The third-order valence-electron chi connectivity index (χ3n) is 1.79. The molecule has 0 saturated carbocycles. The highest BCUT2D eigenvalue weighted by molar-refractivity contribution is 5.81. The van der Waals surface area contributed by atoms with Crippen LogP contribution in [0.25, 0.3) is 0 Å². The smallest absolute Gasteiger partial charge is 0.322 e. The van der Waals surface area contributed by atoms with E-state index in [9.17, 15) is 9.59 Å². The number of carboxylic acids is 1. The van der Waals surface area contributed by atoms with Crippen molar-refractivity contribution in [3.05, 3.63) is 18.1 Å². The molecule has 0 aliphatic rings. The molecule has 1 rings (SSSR count). The van der Waals surface area contributed by atoms with Crippen LogP contribution in [0.2, 0.25) is 0 Å². The van der Waals surface area contributed by atoms with Crippen LogP contribution < -0.4 is 10.1 Å². The van der Waals surface area contributed by atoms with E-state index in [1.807, 2.05) is 0 Å². The molecule has 7 heteroatoms. The topological polar surface area (TPSA) is 101 Å². The second kappa shape index (κ2) is 6.41. The fraction of sp³-hybridized carbons (Fsp3) is 0.400. The molecule has 0 aliphatic carbocycles. The monoisotopic (exact) mass is 239 g/mol. The number of aromatic nitrogens is 2. The third-order valence-corrected chi connectivity index (χ3v) is 1.79. The van der Waals surface area contributed by atoms with E-state index in [4.69, 9.17) is 9.84 Å². The van der Waals surface area contributed by atoms with Gasteiger partial charge < -0.3 is 15.2 Å². The van der Waals surface area contributed by atoms with Crippen molar-refractivity contribution in [2.75, 3.05) is 13.2 Å². The summed E-state index contributed by atoms with van der Waals surface area (Å²) in [6.07, 6.45) is 1.45. The molecule has 1 amide bonds. The predicted molar refractivity (Wildman–Crippen MR) is 57.5 cm³/mol. The van der Waals surface area contributed by atoms with Gasteiger partial charge in [0.15, 0.2) is 0 Å². The van der Waals surface area contributed by atoms with E-state index in [-0.39, 0.29) is 25.5 Å². The fourth-order valence-corrected chi connectivity index (χ4v) is 1.02. The van der Waals surface area contributed by atoms with Crippen molar-refractivity contribution in [2.45, 2.75) is 13.3 Å². The van der Waals surface area contributed by atoms with Gasteiger partial charge in [-0.25, -0.2) is 9.97 Å². The molecule has 17 heavy (non-hydrogen) atoms. The minimum absolute atomic E-state index is 0.0797. The maximum absolute atomic E-state index is 11.1. The van der Waals surface area contributed by atoms with E-state index in [0.717, 1.165) is 5.69 Å². The normalized spacial score (nSPS) is 9.71. The summed E-state index contributed by atoms with van der Waals surface area (Å²) in [5, 5.41) is 10.6. The second-order valence-corrected chi connectivity index (χ2v) is 3.27. The number of ether oxygens (including phenoxy) is 1. The number of aliphatic carboxylic acids is 1. The average molecular weight is 239 g/mol. The lowest BCUT2D eigenvalue weighted by Crippen LogP contribution is -2.30. The first-order valence-corrected chi connectivity index (χ1v) is 4.98. The van der Waals surface area contributed by atoms with E-state index < -0.39 is 5.97 Å². The van der Waals surface area contributed by atoms with Gasteiger partial charge in [0.1, 0.15) is 12.9 Å². The highest BCUT2D eigenvalue weighted by Gasteiger charge is 2.04. The highest BCUT2D eigenvalue weighted by atomic mass is 16.5. The van der Waals surface area contributed by atoms with Crippen molar-refractivity contribution < 1.29 is 19.4 Å². The SMILES string of the molecule is Cc1cc(OCCC(=O)NCC(=O)O)ncn1. The minimum Gasteiger partial charge on any atom is -0.480 e. The average Bonchev–Trinajstić information content (AvgIpc) is 2.26. The molecule has 92 valence electrons. The molecular formula is C10H13N3O4. The third kappa shape index (κ3) is 5.45. The minimum atomic E-state index is -1.08. The lowest BCUT2D eigenvalue weighted by molar-refractivity contribution is -0.138. The van der Waals surface area contributed by atoms with Crippen LogP contribution in [0.4, 0.5) is 0 Å². The molecule has 0 aliphatic heterocycles. The quantitative estimate of drug-likeness (QED) is 0.710. The fourth-order valence-electron chi connectivity index (χ4n) is 1.02. The van der Waals surface area contributed by atoms with Gasteiger partial charge in [0.25, 0.3) is 0 Å². The Kier molecular flexibility index (Phi) is 4.86. The Balaban J connectivity index is 2.23. The van der Waals surface area contributed by atoms with E-state index in [2.05, 4.69) is 15.3 Å². The van der Waals surface area contributed by atoms with E-state index in [0.29, 0.717) is 5.88 Å². The van der Waals surface area contributed by atoms with Gasteiger partial charge in [-0.3, -0.25) is 9.59 Å². The van der Waals surface area contributed by atoms with Crippen LogP contribution in [0.15, 0.2) is 12.4 Å². The van der Waals surface area contributed by atoms with Crippen molar-refractivity contribution in [1.29, 1.82) is 0 Å². The molecule has 1 aromatic heterocycles. The second-order valence-electron chi connectivity index (χ2n) is 3.27. The standard InChI is InChI=1S/C10H13N3O4/c1-7-4-9(13-6-12-7)17-3-2-8(14)11-5-10(15)16/h4,6H,2-3,5H2,1H3,(H,11,14)(H,15,16). The summed E-state index contributed by atoms with van der Waals surface area (Å²) in [6.45, 7) is 1.56. The van der Waals surface area contributed by atoms with Crippen LogP contribution in [-0.2, 0) is 9.59 Å². The Bertz CT molecular complexity index is 408. The Morgan fingerprint density at radius 1 is 1.47 bits per heavy atom. The number of nitrogens with one attached hydrogen (secondary N) is 1. The lowest BCUT2D eigenvalue weighted by Gasteiger charge is -2.05. The molecule has 7 nitrogen and oxygen atoms in total. The number of aryl methyl sites for hydroxylation is 1. The molecule has 1 aromatic rings. The van der Waals surface area contributed by atoms with Gasteiger partial charge in [-0.05, 0) is 6.92 Å². The first-order valence-electron chi connectivity index (χ1n) is 4.98. The van der Waals surface area contributed by atoms with Crippen molar-refractivity contribution in [3.63, 3.8) is 0 Å². The summed E-state index contributed by atoms with van der Waals surface area (Å²) in [6, 6.07) is 1.65. The number of hydrogen-bond acceptors (Lipinski definition) is 5. The summed E-state index contributed by atoms with van der Waals surface area (Å²) in [4.78, 5) is 29.0. The number of hydrogen-bond donors (Lipinski definition) is 2. The first-order chi connectivity index (χ1) is 8.08. The zero-order valence-corrected chi connectivity index (χ0v) is 9.34. The molecule has 0 spiro atoms. The number of amides is 1. The van der Waals surface area contributed by atoms with Crippen molar-refractivity contribution in [2.24, 2.45) is 0 Å². The van der Waals surface area contributed by atoms with E-state index >= 15 is 0 Å². The maximum atomic E-state index is 11.1. The molecule has 0 bridgehead atoms. The van der Waals surface area contributed by atoms with E-state index in [1.54, 1.807) is 13.0 Å². The zero-order valence-electron chi connectivity index (χ0n) is 9.34. The van der Waals surface area contributed by atoms with Gasteiger partial charge in [-0.15, -0.1) is 0 Å². The van der Waals surface area contributed by atoms with Crippen LogP contribution >= 0.6 is 0 Å². The first kappa shape index (κ1) is 12.9. The summed E-state index contributed by atoms with van der Waals surface area (Å²) >= 11 is 0. The Labute approximate surface area is 97.8 Å². The van der Waals surface area contributed by atoms with Crippen LogP contribution in [0.5, 0.6) is 5.88 Å². The van der Waals surface area contributed by atoms with Crippen molar-refractivity contribution in [3.8, 4) is 5.88 Å². The van der Waals surface area contributed by atoms with Gasteiger partial charge in [0, 0.05) is 11.8 Å². The molecule has 0 fully saturated rings.